The first-order valence-electron chi connectivity index (χ1n) is 4.12. The topological polar surface area (TPSA) is 52.6 Å². The van der Waals surface area contributed by atoms with Crippen LogP contribution in [0.1, 0.15) is 0 Å². The minimum absolute atomic E-state index is 0.236. The van der Waals surface area contributed by atoms with E-state index >= 15 is 0 Å². The van der Waals surface area contributed by atoms with E-state index in [1.54, 1.807) is 0 Å². The van der Waals surface area contributed by atoms with Crippen LogP contribution >= 0.6 is 11.8 Å². The van der Waals surface area contributed by atoms with Gasteiger partial charge in [-0.2, -0.15) is 13.2 Å². The number of methoxy groups -OCH3 is 2. The van der Waals surface area contributed by atoms with E-state index in [-0.39, 0.29) is 5.75 Å². The molecule has 0 aliphatic rings. The highest BCUT2D eigenvalue weighted by molar-refractivity contribution is 7.99. The number of hydrogen-bond acceptors (Lipinski definition) is 5. The molecule has 8 heteroatoms. The third-order valence-electron chi connectivity index (χ3n) is 1.61. The fraction of sp³-hybridized carbons (Fsp3) is 0.750. The Morgan fingerprint density at radius 1 is 1.25 bits per heavy atom. The number of esters is 2. The van der Waals surface area contributed by atoms with Crippen molar-refractivity contribution in [3.63, 3.8) is 0 Å². The second-order valence-electron chi connectivity index (χ2n) is 2.71. The van der Waals surface area contributed by atoms with Crippen molar-refractivity contribution < 1.29 is 32.2 Å². The minimum atomic E-state index is -4.67. The van der Waals surface area contributed by atoms with Crippen molar-refractivity contribution >= 4 is 23.7 Å². The summed E-state index contributed by atoms with van der Waals surface area (Å²) in [5.74, 6) is -5.02. The predicted octanol–water partition coefficient (Wildman–Crippen LogP) is 1.24. The van der Waals surface area contributed by atoms with Gasteiger partial charge >= 0.3 is 18.1 Å². The monoisotopic (exact) mass is 260 g/mol. The fourth-order valence-electron chi connectivity index (χ4n) is 0.757. The molecule has 0 saturated heterocycles. The Morgan fingerprint density at radius 3 is 2.19 bits per heavy atom. The Hall–Kier alpha value is -0.920. The van der Waals surface area contributed by atoms with Gasteiger partial charge in [0.1, 0.15) is 0 Å². The quantitative estimate of drug-likeness (QED) is 0.696. The number of hydrogen-bond donors (Lipinski definition) is 0. The van der Waals surface area contributed by atoms with Crippen LogP contribution in [0, 0.1) is 5.92 Å². The lowest BCUT2D eigenvalue weighted by molar-refractivity contribution is -0.191. The summed E-state index contributed by atoms with van der Waals surface area (Å²) in [5, 5.41) is 0. The molecule has 0 radical (unpaired) electrons. The molecule has 0 saturated carbocycles. The summed E-state index contributed by atoms with van der Waals surface area (Å²) in [7, 11) is 2.01. The molecule has 0 spiro atoms. The maximum atomic E-state index is 12.3. The van der Waals surface area contributed by atoms with E-state index in [1.807, 2.05) is 0 Å². The maximum absolute atomic E-state index is 12.3. The van der Waals surface area contributed by atoms with Gasteiger partial charge in [0.15, 0.2) is 5.92 Å². The van der Waals surface area contributed by atoms with Gasteiger partial charge in [-0.15, -0.1) is 11.8 Å². The first-order chi connectivity index (χ1) is 7.32. The average molecular weight is 260 g/mol. The zero-order valence-electron chi connectivity index (χ0n) is 8.67. The van der Waals surface area contributed by atoms with Crippen molar-refractivity contribution in [2.45, 2.75) is 6.18 Å². The molecule has 0 aromatic carbocycles. The molecule has 0 rings (SSSR count). The third-order valence-corrected chi connectivity index (χ3v) is 2.62. The summed E-state index contributed by atoms with van der Waals surface area (Å²) in [6.07, 6.45) is -4.67. The summed E-state index contributed by atoms with van der Waals surface area (Å²) >= 11 is 0.669. The predicted molar refractivity (Wildman–Crippen MR) is 50.9 cm³/mol. The summed E-state index contributed by atoms with van der Waals surface area (Å²) in [6, 6.07) is 0. The van der Waals surface area contributed by atoms with Gasteiger partial charge in [-0.1, -0.05) is 0 Å². The summed E-state index contributed by atoms with van der Waals surface area (Å²) in [4.78, 5) is 21.5. The van der Waals surface area contributed by atoms with Crippen molar-refractivity contribution in [1.29, 1.82) is 0 Å². The van der Waals surface area contributed by atoms with Crippen LogP contribution in [-0.2, 0) is 19.1 Å². The van der Waals surface area contributed by atoms with Crippen LogP contribution in [0.4, 0.5) is 13.2 Å². The highest BCUT2D eigenvalue weighted by Crippen LogP contribution is 2.30. The zero-order valence-corrected chi connectivity index (χ0v) is 9.48. The molecule has 0 heterocycles. The van der Waals surface area contributed by atoms with Crippen LogP contribution in [0.25, 0.3) is 0 Å². The van der Waals surface area contributed by atoms with Gasteiger partial charge in [0.05, 0.1) is 20.0 Å². The van der Waals surface area contributed by atoms with E-state index in [0.717, 1.165) is 14.2 Å². The van der Waals surface area contributed by atoms with Crippen LogP contribution in [0.2, 0.25) is 0 Å². The van der Waals surface area contributed by atoms with E-state index in [9.17, 15) is 22.8 Å². The second-order valence-corrected chi connectivity index (χ2v) is 3.74. The molecule has 0 bridgehead atoms. The summed E-state index contributed by atoms with van der Waals surface area (Å²) < 4.78 is 45.3. The normalized spacial score (nSPS) is 13.1. The lowest BCUT2D eigenvalue weighted by Gasteiger charge is -2.16. The molecule has 1 atom stereocenters. The number of alkyl halides is 3. The SMILES string of the molecule is COC(=O)CSCC(C(=O)OC)C(F)(F)F. The van der Waals surface area contributed by atoms with Gasteiger partial charge in [0, 0.05) is 5.75 Å². The Kier molecular flexibility index (Phi) is 6.24. The molecule has 4 nitrogen and oxygen atoms in total. The molecule has 0 aliphatic heterocycles. The molecule has 0 N–H and O–H groups in total. The molecule has 0 amide bonds. The molecule has 0 fully saturated rings. The first kappa shape index (κ1) is 15.1. The lowest BCUT2D eigenvalue weighted by atomic mass is 10.2. The second kappa shape index (κ2) is 6.62. The number of ether oxygens (including phenoxy) is 2. The van der Waals surface area contributed by atoms with E-state index in [1.165, 1.54) is 0 Å². The van der Waals surface area contributed by atoms with E-state index in [0.29, 0.717) is 11.8 Å². The van der Waals surface area contributed by atoms with E-state index in [4.69, 9.17) is 0 Å². The van der Waals surface area contributed by atoms with Gasteiger partial charge in [-0.3, -0.25) is 9.59 Å². The van der Waals surface area contributed by atoms with Crippen LogP contribution in [0.15, 0.2) is 0 Å². The lowest BCUT2D eigenvalue weighted by Crippen LogP contribution is -2.34. The molecular formula is C8H11F3O4S. The van der Waals surface area contributed by atoms with Crippen LogP contribution < -0.4 is 0 Å². The number of rotatable bonds is 5. The molecule has 0 aromatic heterocycles. The van der Waals surface area contributed by atoms with E-state index in [2.05, 4.69) is 9.47 Å². The highest BCUT2D eigenvalue weighted by atomic mass is 32.2. The van der Waals surface area contributed by atoms with Gasteiger partial charge < -0.3 is 9.47 Å². The molecule has 1 unspecified atom stereocenters. The Bertz CT molecular complexity index is 254. The van der Waals surface area contributed by atoms with Crippen molar-refractivity contribution in [2.24, 2.45) is 5.92 Å². The smallest absolute Gasteiger partial charge is 0.403 e. The largest absolute Gasteiger partial charge is 0.469 e. The van der Waals surface area contributed by atoms with Crippen LogP contribution in [0.5, 0.6) is 0 Å². The summed E-state index contributed by atoms with van der Waals surface area (Å²) in [5.41, 5.74) is 0. The average Bonchev–Trinajstić information content (AvgIpc) is 2.21. The third kappa shape index (κ3) is 5.24. The number of thioether (sulfide) groups is 1. The van der Waals surface area contributed by atoms with Crippen LogP contribution in [-0.4, -0.2) is 43.8 Å². The van der Waals surface area contributed by atoms with Crippen molar-refractivity contribution in [3.8, 4) is 0 Å². The maximum Gasteiger partial charge on any atom is 0.403 e. The number of carbonyl (C=O) groups excluding carboxylic acids is 2. The van der Waals surface area contributed by atoms with Crippen molar-refractivity contribution in [1.82, 2.24) is 0 Å². The first-order valence-corrected chi connectivity index (χ1v) is 5.27. The van der Waals surface area contributed by atoms with Gasteiger partial charge in [0.25, 0.3) is 0 Å². The Labute approximate surface area is 94.5 Å². The summed E-state index contributed by atoms with van der Waals surface area (Å²) in [6.45, 7) is 0. The Balaban J connectivity index is 4.24. The molecule has 0 aromatic rings. The molecule has 0 aliphatic carbocycles. The number of carbonyl (C=O) groups is 2. The van der Waals surface area contributed by atoms with Crippen molar-refractivity contribution in [3.05, 3.63) is 0 Å². The highest BCUT2D eigenvalue weighted by Gasteiger charge is 2.45. The Morgan fingerprint density at radius 2 is 1.81 bits per heavy atom. The molecule has 16 heavy (non-hydrogen) atoms. The van der Waals surface area contributed by atoms with Crippen molar-refractivity contribution in [2.75, 3.05) is 25.7 Å². The zero-order chi connectivity index (χ0) is 12.8. The molecular weight excluding hydrogens is 249 g/mol. The van der Waals surface area contributed by atoms with Gasteiger partial charge in [-0.25, -0.2) is 0 Å². The van der Waals surface area contributed by atoms with Crippen LogP contribution in [0.3, 0.4) is 0 Å². The number of halogens is 3. The van der Waals surface area contributed by atoms with E-state index < -0.39 is 29.8 Å². The minimum Gasteiger partial charge on any atom is -0.469 e. The van der Waals surface area contributed by atoms with Gasteiger partial charge in [0.2, 0.25) is 0 Å². The van der Waals surface area contributed by atoms with Gasteiger partial charge in [-0.05, 0) is 0 Å². The standard InChI is InChI=1S/C8H11F3O4S/c1-14-6(12)4-16-3-5(7(13)15-2)8(9,10)11/h5H,3-4H2,1-2H3. The fourth-order valence-corrected chi connectivity index (χ4v) is 1.72. The molecule has 94 valence electrons.